The molecule has 0 N–H and O–H groups in total. The van der Waals surface area contributed by atoms with E-state index in [2.05, 4.69) is 0 Å². The van der Waals surface area contributed by atoms with E-state index in [1.54, 1.807) is 0 Å². The minimum atomic E-state index is -1.05. The van der Waals surface area contributed by atoms with Gasteiger partial charge in [0.1, 0.15) is 36.6 Å². The highest BCUT2D eigenvalue weighted by atomic mass is 16.6. The number of Topliss-reactive ketones (excluding diaryl/α,β-unsaturated/α-hetero) is 3. The van der Waals surface area contributed by atoms with Gasteiger partial charge in [-0.2, -0.15) is 4.90 Å². The Bertz CT molecular complexity index is 543. The van der Waals surface area contributed by atoms with Crippen LogP contribution in [0.3, 0.4) is 0 Å². The van der Waals surface area contributed by atoms with Gasteiger partial charge in [-0.15, -0.1) is 0 Å². The molecular formula is C18H27NO9. The lowest BCUT2D eigenvalue weighted by Gasteiger charge is -2.36. The zero-order chi connectivity index (χ0) is 22.0. The number of rotatable bonds is 12. The summed E-state index contributed by atoms with van der Waals surface area (Å²) < 4.78 is 15.4. The lowest BCUT2D eigenvalue weighted by Crippen LogP contribution is -2.51. The van der Waals surface area contributed by atoms with Crippen LogP contribution >= 0.6 is 0 Å². The van der Waals surface area contributed by atoms with Gasteiger partial charge in [0.25, 0.3) is 0 Å². The second-order valence-electron chi connectivity index (χ2n) is 6.35. The monoisotopic (exact) mass is 401 g/mol. The molecule has 0 bridgehead atoms. The fraction of sp³-hybridized carbons (Fsp3) is 0.667. The van der Waals surface area contributed by atoms with Gasteiger partial charge in [0.2, 0.25) is 0 Å². The number of nitrogens with zero attached hydrogens (tertiary/aromatic N) is 1. The summed E-state index contributed by atoms with van der Waals surface area (Å²) in [7, 11) is 0. The molecule has 0 aromatic carbocycles. The van der Waals surface area contributed by atoms with Crippen LogP contribution in [0, 0.1) is 0 Å². The number of hydrogen-bond donors (Lipinski definition) is 0. The molecule has 0 aliphatic rings. The van der Waals surface area contributed by atoms with Crippen molar-refractivity contribution in [2.24, 2.45) is 0 Å². The Morgan fingerprint density at radius 3 is 0.964 bits per heavy atom. The van der Waals surface area contributed by atoms with Crippen LogP contribution in [0.25, 0.3) is 0 Å². The minimum Gasteiger partial charge on any atom is -0.446 e. The van der Waals surface area contributed by atoms with Crippen molar-refractivity contribution in [3.63, 3.8) is 0 Å². The molecule has 0 heterocycles. The normalized spacial score (nSPS) is 13.8. The van der Waals surface area contributed by atoms with E-state index < -0.39 is 73.2 Å². The van der Waals surface area contributed by atoms with Gasteiger partial charge in [0.05, 0.1) is 0 Å². The third-order valence-corrected chi connectivity index (χ3v) is 3.35. The molecule has 0 rings (SSSR count). The predicted molar refractivity (Wildman–Crippen MR) is 94.4 cm³/mol. The highest BCUT2D eigenvalue weighted by Gasteiger charge is 2.33. The zero-order valence-corrected chi connectivity index (χ0v) is 17.0. The number of hydrogen-bond acceptors (Lipinski definition) is 10. The molecule has 0 saturated heterocycles. The first kappa shape index (κ1) is 25.4. The first-order valence-electron chi connectivity index (χ1n) is 8.67. The molecule has 10 heteroatoms. The largest absolute Gasteiger partial charge is 0.446 e. The number of carbonyl (C=O) groups excluding carboxylic acids is 6. The van der Waals surface area contributed by atoms with Crippen molar-refractivity contribution in [3.05, 3.63) is 0 Å². The van der Waals surface area contributed by atoms with Crippen LogP contribution in [0.1, 0.15) is 60.8 Å². The Kier molecular flexibility index (Phi) is 10.8. The van der Waals surface area contributed by atoms with Crippen molar-refractivity contribution in [2.45, 2.75) is 79.5 Å². The van der Waals surface area contributed by atoms with Gasteiger partial charge in [-0.3, -0.25) is 28.8 Å². The smallest absolute Gasteiger partial charge is 0.314 e. The van der Waals surface area contributed by atoms with Gasteiger partial charge in [-0.25, -0.2) is 0 Å². The summed E-state index contributed by atoms with van der Waals surface area (Å²) in [4.78, 5) is 69.7. The second-order valence-corrected chi connectivity index (χ2v) is 6.35. The maximum absolute atomic E-state index is 11.8. The van der Waals surface area contributed by atoms with Crippen molar-refractivity contribution >= 4 is 35.3 Å². The Morgan fingerprint density at radius 2 is 0.786 bits per heavy atom. The van der Waals surface area contributed by atoms with Gasteiger partial charge < -0.3 is 14.2 Å². The molecule has 0 radical (unpaired) electrons. The average Bonchev–Trinajstić information content (AvgIpc) is 2.43. The van der Waals surface area contributed by atoms with Crippen molar-refractivity contribution in [2.75, 3.05) is 0 Å². The molecule has 3 unspecified atom stereocenters. The Hall–Kier alpha value is -2.62. The van der Waals surface area contributed by atoms with Crippen molar-refractivity contribution < 1.29 is 43.0 Å². The molecule has 0 spiro atoms. The predicted octanol–water partition coefficient (Wildman–Crippen LogP) is 0.893. The van der Waals surface area contributed by atoms with Gasteiger partial charge in [0.15, 0.2) is 18.7 Å². The summed E-state index contributed by atoms with van der Waals surface area (Å²) in [6.07, 6.45) is -4.49. The molecule has 0 amide bonds. The highest BCUT2D eigenvalue weighted by Crippen LogP contribution is 2.16. The second kappa shape index (κ2) is 12.0. The highest BCUT2D eigenvalue weighted by molar-refractivity contribution is 5.95. The number of esters is 3. The van der Waals surface area contributed by atoms with Crippen LogP contribution in [-0.4, -0.2) is 58.8 Å². The number of carbonyl (C=O) groups is 6. The van der Waals surface area contributed by atoms with E-state index >= 15 is 0 Å². The van der Waals surface area contributed by atoms with Gasteiger partial charge in [0, 0.05) is 0 Å². The van der Waals surface area contributed by atoms with Crippen molar-refractivity contribution in [3.8, 4) is 0 Å². The Balaban J connectivity index is 5.32. The number of ketones is 3. The summed E-state index contributed by atoms with van der Waals surface area (Å²) in [5, 5.41) is 0. The fourth-order valence-corrected chi connectivity index (χ4v) is 2.37. The minimum absolute atomic E-state index is 0.398. The van der Waals surface area contributed by atoms with E-state index in [0.29, 0.717) is 0 Å². The van der Waals surface area contributed by atoms with Gasteiger partial charge >= 0.3 is 17.9 Å². The maximum atomic E-state index is 11.8. The summed E-state index contributed by atoms with van der Waals surface area (Å²) in [6.45, 7) is 7.97. The zero-order valence-electron chi connectivity index (χ0n) is 17.0. The van der Waals surface area contributed by atoms with Crippen LogP contribution in [0.15, 0.2) is 0 Å². The van der Waals surface area contributed by atoms with Crippen LogP contribution in [0.4, 0.5) is 0 Å². The first-order chi connectivity index (χ1) is 12.8. The van der Waals surface area contributed by atoms with Gasteiger partial charge in [-0.1, -0.05) is 0 Å². The van der Waals surface area contributed by atoms with E-state index in [9.17, 15) is 28.8 Å². The SMILES string of the molecule is CC(=O)CC(=O)OC(C)N(C(C)OC(=O)CC(C)=O)C(C)OC(=O)CC(C)=O. The molecular weight excluding hydrogens is 374 g/mol. The van der Waals surface area contributed by atoms with E-state index in [1.807, 2.05) is 0 Å². The molecule has 0 aliphatic carbocycles. The third kappa shape index (κ3) is 10.5. The molecule has 3 atom stereocenters. The standard InChI is InChI=1S/C18H27NO9/c1-10(20)7-16(23)26-13(4)19(14(5)27-17(24)8-11(2)21)15(6)28-18(25)9-12(3)22/h13-15H,7-9H2,1-6H3. The first-order valence-corrected chi connectivity index (χ1v) is 8.67. The molecule has 0 aromatic rings. The molecule has 0 fully saturated rings. The average molecular weight is 401 g/mol. The van der Waals surface area contributed by atoms with E-state index in [-0.39, 0.29) is 0 Å². The summed E-state index contributed by atoms with van der Waals surface area (Å²) in [6, 6.07) is 0. The summed E-state index contributed by atoms with van der Waals surface area (Å²) in [5.41, 5.74) is 0. The quantitative estimate of drug-likeness (QED) is 0.201. The van der Waals surface area contributed by atoms with E-state index in [0.717, 1.165) is 0 Å². The third-order valence-electron chi connectivity index (χ3n) is 3.35. The van der Waals surface area contributed by atoms with Gasteiger partial charge in [-0.05, 0) is 41.5 Å². The fourth-order valence-electron chi connectivity index (χ4n) is 2.37. The molecule has 0 saturated carbocycles. The van der Waals surface area contributed by atoms with Crippen LogP contribution in [0.5, 0.6) is 0 Å². The molecule has 28 heavy (non-hydrogen) atoms. The molecule has 10 nitrogen and oxygen atoms in total. The molecule has 0 aliphatic heterocycles. The van der Waals surface area contributed by atoms with Crippen LogP contribution in [-0.2, 0) is 43.0 Å². The summed E-state index contributed by atoms with van der Waals surface area (Å²) >= 11 is 0. The maximum Gasteiger partial charge on any atom is 0.314 e. The van der Waals surface area contributed by atoms with E-state index in [1.165, 1.54) is 46.4 Å². The molecule has 158 valence electrons. The molecule has 0 aromatic heterocycles. The Morgan fingerprint density at radius 1 is 0.571 bits per heavy atom. The number of ether oxygens (including phenoxy) is 3. The van der Waals surface area contributed by atoms with Crippen LogP contribution in [0.2, 0.25) is 0 Å². The lowest BCUT2D eigenvalue weighted by atomic mass is 10.3. The van der Waals surface area contributed by atoms with Crippen molar-refractivity contribution in [1.82, 2.24) is 4.90 Å². The Labute approximate surface area is 163 Å². The summed E-state index contributed by atoms with van der Waals surface area (Å²) in [5.74, 6) is -3.62. The van der Waals surface area contributed by atoms with Crippen LogP contribution < -0.4 is 0 Å². The lowest BCUT2D eigenvalue weighted by molar-refractivity contribution is -0.212. The van der Waals surface area contributed by atoms with E-state index in [4.69, 9.17) is 14.2 Å². The topological polar surface area (TPSA) is 133 Å². The van der Waals surface area contributed by atoms with Crippen molar-refractivity contribution in [1.29, 1.82) is 0 Å².